The van der Waals surface area contributed by atoms with Gasteiger partial charge in [0.1, 0.15) is 0 Å². The van der Waals surface area contributed by atoms with Gasteiger partial charge in [0.2, 0.25) is 0 Å². The van der Waals surface area contributed by atoms with Crippen molar-refractivity contribution in [1.29, 1.82) is 0 Å². The zero-order valence-electron chi connectivity index (χ0n) is 14.8. The smallest absolute Gasteiger partial charge is 0.374 e. The van der Waals surface area contributed by atoms with Crippen LogP contribution in [0.4, 0.5) is 26.3 Å². The third kappa shape index (κ3) is 5.84. The molecule has 0 aromatic carbocycles. The van der Waals surface area contributed by atoms with E-state index in [2.05, 4.69) is 0 Å². The van der Waals surface area contributed by atoms with E-state index >= 15 is 0 Å². The second-order valence-electron chi connectivity index (χ2n) is 8.74. The zero-order chi connectivity index (χ0) is 19.1. The maximum Gasteiger partial charge on any atom is 0.426 e. The molecule has 0 aromatic heterocycles. The van der Waals surface area contributed by atoms with E-state index < -0.39 is 47.0 Å². The van der Waals surface area contributed by atoms with Gasteiger partial charge in [0, 0.05) is 0 Å². The first-order valence-corrected chi connectivity index (χ1v) is 7.58. The largest absolute Gasteiger partial charge is 0.426 e. The van der Waals surface area contributed by atoms with Gasteiger partial charge < -0.3 is 5.11 Å². The van der Waals surface area contributed by atoms with Crippen LogP contribution in [0.3, 0.4) is 0 Å². The fraction of sp³-hybridized carbons (Fsp3) is 1.00. The molecule has 1 nitrogen and oxygen atoms in total. The molecule has 0 aliphatic rings. The van der Waals surface area contributed by atoms with Gasteiger partial charge in [-0.1, -0.05) is 48.5 Å². The number of rotatable bonds is 4. The molecule has 0 spiro atoms. The Morgan fingerprint density at radius 2 is 1.09 bits per heavy atom. The lowest BCUT2D eigenvalue weighted by molar-refractivity contribution is -0.374. The van der Waals surface area contributed by atoms with E-state index in [4.69, 9.17) is 0 Å². The van der Waals surface area contributed by atoms with Crippen LogP contribution in [0.15, 0.2) is 0 Å². The topological polar surface area (TPSA) is 20.2 Å². The van der Waals surface area contributed by atoms with Crippen molar-refractivity contribution >= 4 is 0 Å². The average molecular weight is 350 g/mol. The number of hydrogen-bond acceptors (Lipinski definition) is 1. The second kappa shape index (κ2) is 6.45. The highest BCUT2D eigenvalue weighted by Gasteiger charge is 2.70. The van der Waals surface area contributed by atoms with Gasteiger partial charge in [-0.15, -0.1) is 0 Å². The van der Waals surface area contributed by atoms with Crippen molar-refractivity contribution in [2.24, 2.45) is 22.7 Å². The minimum Gasteiger partial charge on any atom is -0.374 e. The van der Waals surface area contributed by atoms with Gasteiger partial charge in [0.15, 0.2) is 0 Å². The molecule has 0 amide bonds. The monoisotopic (exact) mass is 350 g/mol. The molecule has 0 rings (SSSR count). The van der Waals surface area contributed by atoms with E-state index in [1.54, 1.807) is 48.5 Å². The van der Waals surface area contributed by atoms with Gasteiger partial charge in [-0.05, 0) is 35.5 Å². The Labute approximate surface area is 134 Å². The van der Waals surface area contributed by atoms with Crippen LogP contribution in [0.25, 0.3) is 0 Å². The molecule has 2 atom stereocenters. The highest BCUT2D eigenvalue weighted by Crippen LogP contribution is 2.50. The van der Waals surface area contributed by atoms with Gasteiger partial charge in [-0.2, -0.15) is 26.3 Å². The Hall–Kier alpha value is -0.460. The maximum atomic E-state index is 13.0. The van der Waals surface area contributed by atoms with Crippen molar-refractivity contribution in [3.8, 4) is 0 Å². The summed E-state index contributed by atoms with van der Waals surface area (Å²) in [5, 5.41) is 9.52. The molecular formula is C16H28F6O. The maximum absolute atomic E-state index is 13.0. The van der Waals surface area contributed by atoms with Gasteiger partial charge in [-0.25, -0.2) is 0 Å². The summed E-state index contributed by atoms with van der Waals surface area (Å²) in [6.07, 6.45) is -12.8. The Bertz CT molecular complexity index is 369. The predicted molar refractivity (Wildman–Crippen MR) is 77.9 cm³/mol. The molecule has 23 heavy (non-hydrogen) atoms. The number of alkyl halides is 6. The van der Waals surface area contributed by atoms with Crippen molar-refractivity contribution < 1.29 is 31.4 Å². The molecule has 0 fully saturated rings. The number of aliphatic hydroxyl groups is 1. The summed E-state index contributed by atoms with van der Waals surface area (Å²) in [5.41, 5.74) is -5.62. The molecule has 0 saturated heterocycles. The normalized spacial score (nSPS) is 18.0. The quantitative estimate of drug-likeness (QED) is 0.620. The van der Waals surface area contributed by atoms with Crippen LogP contribution >= 0.6 is 0 Å². The molecule has 0 aliphatic heterocycles. The van der Waals surface area contributed by atoms with Gasteiger partial charge >= 0.3 is 12.4 Å². The molecule has 0 saturated carbocycles. The first-order chi connectivity index (χ1) is 9.72. The lowest BCUT2D eigenvalue weighted by Crippen LogP contribution is -2.58. The highest BCUT2D eigenvalue weighted by molar-refractivity contribution is 4.97. The van der Waals surface area contributed by atoms with Crippen molar-refractivity contribution in [2.75, 3.05) is 0 Å². The summed E-state index contributed by atoms with van der Waals surface area (Å²) in [4.78, 5) is 0. The zero-order valence-corrected chi connectivity index (χ0v) is 14.8. The summed E-state index contributed by atoms with van der Waals surface area (Å²) < 4.78 is 77.9. The van der Waals surface area contributed by atoms with Crippen LogP contribution in [0.2, 0.25) is 0 Å². The van der Waals surface area contributed by atoms with Crippen LogP contribution in [-0.4, -0.2) is 23.1 Å². The van der Waals surface area contributed by atoms with E-state index in [1.165, 1.54) is 0 Å². The predicted octanol–water partition coefficient (Wildman–Crippen LogP) is 5.97. The summed E-state index contributed by atoms with van der Waals surface area (Å²) in [7, 11) is 0. The molecule has 0 bridgehead atoms. The lowest BCUT2D eigenvalue weighted by atomic mass is 9.66. The van der Waals surface area contributed by atoms with E-state index in [-0.39, 0.29) is 6.42 Å². The Morgan fingerprint density at radius 3 is 1.30 bits per heavy atom. The molecular weight excluding hydrogens is 322 g/mol. The minimum absolute atomic E-state index is 0.153. The van der Waals surface area contributed by atoms with Crippen LogP contribution in [-0.2, 0) is 0 Å². The van der Waals surface area contributed by atoms with E-state index in [1.807, 2.05) is 0 Å². The molecule has 0 aliphatic carbocycles. The van der Waals surface area contributed by atoms with Crippen molar-refractivity contribution in [2.45, 2.75) is 79.3 Å². The average Bonchev–Trinajstić information content (AvgIpc) is 2.20. The Morgan fingerprint density at radius 1 is 0.739 bits per heavy atom. The fourth-order valence-electron chi connectivity index (χ4n) is 2.69. The first-order valence-electron chi connectivity index (χ1n) is 7.58. The van der Waals surface area contributed by atoms with Crippen LogP contribution in [0.5, 0.6) is 0 Å². The van der Waals surface area contributed by atoms with Crippen LogP contribution in [0, 0.1) is 22.7 Å². The molecule has 0 aromatic rings. The summed E-state index contributed by atoms with van der Waals surface area (Å²) in [6, 6.07) is 0. The van der Waals surface area contributed by atoms with Crippen molar-refractivity contribution in [1.82, 2.24) is 0 Å². The third-order valence-electron chi connectivity index (χ3n) is 4.44. The molecule has 140 valence electrons. The molecule has 2 unspecified atom stereocenters. The van der Waals surface area contributed by atoms with Crippen LogP contribution < -0.4 is 0 Å². The summed E-state index contributed by atoms with van der Waals surface area (Å²) in [6.45, 7) is 12.2. The SMILES string of the molecule is CC(C(CC(C)(C)C)CC(O)(C(F)(F)F)C(F)(F)F)C(C)(C)C. The van der Waals surface area contributed by atoms with E-state index in [0.717, 1.165) is 0 Å². The summed E-state index contributed by atoms with van der Waals surface area (Å²) in [5.74, 6) is -1.36. The van der Waals surface area contributed by atoms with Gasteiger partial charge in [0.25, 0.3) is 5.60 Å². The van der Waals surface area contributed by atoms with Gasteiger partial charge in [-0.3, -0.25) is 0 Å². The molecule has 0 radical (unpaired) electrons. The number of hydrogen-bond donors (Lipinski definition) is 1. The van der Waals surface area contributed by atoms with Crippen LogP contribution in [0.1, 0.15) is 61.3 Å². The molecule has 1 N–H and O–H groups in total. The molecule has 0 heterocycles. The Kier molecular flexibility index (Phi) is 6.32. The van der Waals surface area contributed by atoms with Gasteiger partial charge in [0.05, 0.1) is 0 Å². The fourth-order valence-corrected chi connectivity index (χ4v) is 2.69. The second-order valence-corrected chi connectivity index (χ2v) is 8.74. The summed E-state index contributed by atoms with van der Waals surface area (Å²) >= 11 is 0. The number of halogens is 6. The lowest BCUT2D eigenvalue weighted by Gasteiger charge is -2.42. The van der Waals surface area contributed by atoms with E-state index in [0.29, 0.717) is 0 Å². The first kappa shape index (κ1) is 22.5. The Balaban J connectivity index is 5.83. The van der Waals surface area contributed by atoms with Crippen molar-refractivity contribution in [3.05, 3.63) is 0 Å². The minimum atomic E-state index is -5.76. The van der Waals surface area contributed by atoms with E-state index in [9.17, 15) is 31.4 Å². The third-order valence-corrected chi connectivity index (χ3v) is 4.44. The standard InChI is InChI=1S/C16H28F6O/c1-10(13(5,6)7)11(8-12(2,3)4)9-14(23,15(17,18)19)16(20,21)22/h10-11,23H,8-9H2,1-7H3. The van der Waals surface area contributed by atoms with Crippen molar-refractivity contribution in [3.63, 3.8) is 0 Å². The highest BCUT2D eigenvalue weighted by atomic mass is 19.4. The molecule has 7 heteroatoms.